The predicted molar refractivity (Wildman–Crippen MR) is 79.1 cm³/mol. The summed E-state index contributed by atoms with van der Waals surface area (Å²) in [4.78, 5) is 23.5. The Morgan fingerprint density at radius 1 is 1.29 bits per heavy atom. The quantitative estimate of drug-likeness (QED) is 0.725. The first-order chi connectivity index (χ1) is 9.39. The fourth-order valence-corrected chi connectivity index (χ4v) is 4.34. The van der Waals surface area contributed by atoms with Crippen molar-refractivity contribution in [2.45, 2.75) is 50.8 Å². The topological polar surface area (TPSA) is 102 Å². The fraction of sp³-hybridized carbons (Fsp3) is 0.833. The predicted octanol–water partition coefficient (Wildman–Crippen LogP) is 0.420. The summed E-state index contributed by atoms with van der Waals surface area (Å²) in [5.41, 5.74) is -0.666. The number of amides is 2. The zero-order chi connectivity index (χ0) is 16.4. The number of rotatable bonds is 3. The molecule has 9 heteroatoms. The van der Waals surface area contributed by atoms with Crippen molar-refractivity contribution in [1.82, 2.24) is 10.6 Å². The number of carbonyl (C=O) groups is 2. The molecule has 0 aromatic rings. The Morgan fingerprint density at radius 2 is 1.86 bits per heavy atom. The lowest BCUT2D eigenvalue weighted by Gasteiger charge is -2.22. The maximum absolute atomic E-state index is 11.9. The van der Waals surface area contributed by atoms with Gasteiger partial charge in [-0.05, 0) is 27.7 Å². The van der Waals surface area contributed by atoms with E-state index in [9.17, 15) is 18.0 Å². The number of alkyl carbamates (subject to hydrolysis) is 1. The first-order valence-electron chi connectivity index (χ1n) is 6.54. The van der Waals surface area contributed by atoms with E-state index < -0.39 is 44.9 Å². The Hall–Kier alpha value is -1.02. The van der Waals surface area contributed by atoms with Crippen molar-refractivity contribution in [3.8, 4) is 0 Å². The molecule has 0 saturated carbocycles. The smallest absolute Gasteiger partial charge is 0.408 e. The van der Waals surface area contributed by atoms with E-state index in [1.807, 2.05) is 0 Å². The molecule has 1 aliphatic heterocycles. The van der Waals surface area contributed by atoms with Crippen LogP contribution in [0.2, 0.25) is 0 Å². The molecular formula is C12H21ClN2O5S. The zero-order valence-electron chi connectivity index (χ0n) is 12.5. The highest BCUT2D eigenvalue weighted by molar-refractivity contribution is 7.91. The Balaban J connectivity index is 2.50. The maximum Gasteiger partial charge on any atom is 0.408 e. The highest BCUT2D eigenvalue weighted by atomic mass is 35.5. The van der Waals surface area contributed by atoms with Crippen molar-refractivity contribution >= 4 is 33.4 Å². The van der Waals surface area contributed by atoms with E-state index in [4.69, 9.17) is 16.3 Å². The largest absolute Gasteiger partial charge is 0.444 e. The van der Waals surface area contributed by atoms with Gasteiger partial charge < -0.3 is 15.4 Å². The molecule has 2 amide bonds. The molecule has 7 nitrogen and oxygen atoms in total. The van der Waals surface area contributed by atoms with E-state index in [1.165, 1.54) is 6.92 Å². The Morgan fingerprint density at radius 3 is 2.29 bits per heavy atom. The van der Waals surface area contributed by atoms with E-state index >= 15 is 0 Å². The van der Waals surface area contributed by atoms with Crippen LogP contribution in [-0.2, 0) is 19.4 Å². The Labute approximate surface area is 129 Å². The van der Waals surface area contributed by atoms with Gasteiger partial charge in [-0.25, -0.2) is 13.2 Å². The third-order valence-electron chi connectivity index (χ3n) is 2.74. The SMILES string of the molecule is C[C@H](NC(=O)OC(C)(C)C)C(=O)N[C@H]1CS(=O)(=O)C[C@@H]1Cl. The highest BCUT2D eigenvalue weighted by Gasteiger charge is 2.38. The van der Waals surface area contributed by atoms with Crippen LogP contribution in [0.1, 0.15) is 27.7 Å². The second-order valence-corrected chi connectivity index (χ2v) is 8.79. The highest BCUT2D eigenvalue weighted by Crippen LogP contribution is 2.18. The van der Waals surface area contributed by atoms with E-state index in [2.05, 4.69) is 10.6 Å². The van der Waals surface area contributed by atoms with Gasteiger partial charge in [-0.3, -0.25) is 4.79 Å². The molecule has 0 bridgehead atoms. The van der Waals surface area contributed by atoms with Crippen LogP contribution in [0.5, 0.6) is 0 Å². The van der Waals surface area contributed by atoms with Crippen LogP contribution < -0.4 is 10.6 Å². The molecule has 0 spiro atoms. The van der Waals surface area contributed by atoms with Crippen molar-refractivity contribution in [3.05, 3.63) is 0 Å². The van der Waals surface area contributed by atoms with Gasteiger partial charge in [-0.1, -0.05) is 0 Å². The van der Waals surface area contributed by atoms with Gasteiger partial charge in [-0.15, -0.1) is 11.6 Å². The molecule has 0 aromatic heterocycles. The second-order valence-electron chi connectivity index (χ2n) is 6.08. The van der Waals surface area contributed by atoms with Crippen molar-refractivity contribution in [2.24, 2.45) is 0 Å². The van der Waals surface area contributed by atoms with Crippen LogP contribution in [0.3, 0.4) is 0 Å². The number of alkyl halides is 1. The zero-order valence-corrected chi connectivity index (χ0v) is 14.0. The van der Waals surface area contributed by atoms with Gasteiger partial charge >= 0.3 is 6.09 Å². The van der Waals surface area contributed by atoms with Crippen LogP contribution in [0.25, 0.3) is 0 Å². The molecule has 0 unspecified atom stereocenters. The molecule has 1 aliphatic rings. The maximum atomic E-state index is 11.9. The van der Waals surface area contributed by atoms with Crippen molar-refractivity contribution in [2.75, 3.05) is 11.5 Å². The lowest BCUT2D eigenvalue weighted by Crippen LogP contribution is -2.51. The average Bonchev–Trinajstić information content (AvgIpc) is 2.48. The molecule has 3 atom stereocenters. The van der Waals surface area contributed by atoms with Gasteiger partial charge in [0.25, 0.3) is 0 Å². The number of carbonyl (C=O) groups excluding carboxylic acids is 2. The average molecular weight is 341 g/mol. The third-order valence-corrected chi connectivity index (χ3v) is 5.11. The molecular weight excluding hydrogens is 320 g/mol. The van der Waals surface area contributed by atoms with Gasteiger partial charge in [0, 0.05) is 0 Å². The number of nitrogens with one attached hydrogen (secondary N) is 2. The third kappa shape index (κ3) is 6.09. The van der Waals surface area contributed by atoms with Gasteiger partial charge in [-0.2, -0.15) is 0 Å². The fourth-order valence-electron chi connectivity index (χ4n) is 1.79. The normalized spacial score (nSPS) is 26.0. The minimum Gasteiger partial charge on any atom is -0.444 e. The summed E-state index contributed by atoms with van der Waals surface area (Å²) >= 11 is 5.90. The number of sulfone groups is 1. The van der Waals surface area contributed by atoms with E-state index in [0.717, 1.165) is 0 Å². The number of hydrogen-bond acceptors (Lipinski definition) is 5. The minimum absolute atomic E-state index is 0.159. The summed E-state index contributed by atoms with van der Waals surface area (Å²) < 4.78 is 27.9. The summed E-state index contributed by atoms with van der Waals surface area (Å²) in [6.45, 7) is 6.60. The minimum atomic E-state index is -3.22. The molecule has 0 radical (unpaired) electrons. The first-order valence-corrected chi connectivity index (χ1v) is 8.80. The second kappa shape index (κ2) is 6.39. The summed E-state index contributed by atoms with van der Waals surface area (Å²) in [6.07, 6.45) is -0.716. The standard InChI is InChI=1S/C12H21ClN2O5S/c1-7(14-11(17)20-12(2,3)4)10(16)15-9-6-21(18,19)5-8(9)13/h7-9H,5-6H2,1-4H3,(H,14,17)(H,15,16)/t7-,8-,9-/m0/s1. The van der Waals surface area contributed by atoms with Gasteiger partial charge in [0.05, 0.1) is 22.9 Å². The Kier molecular flexibility index (Phi) is 5.49. The summed E-state index contributed by atoms with van der Waals surface area (Å²) in [7, 11) is -3.22. The van der Waals surface area contributed by atoms with Crippen LogP contribution in [0.4, 0.5) is 4.79 Å². The van der Waals surface area contributed by atoms with Crippen LogP contribution in [0.15, 0.2) is 0 Å². The molecule has 1 rings (SSSR count). The number of ether oxygens (including phenoxy) is 1. The first kappa shape index (κ1) is 18.0. The van der Waals surface area contributed by atoms with E-state index in [-0.39, 0.29) is 11.5 Å². The van der Waals surface area contributed by atoms with Crippen molar-refractivity contribution in [3.63, 3.8) is 0 Å². The summed E-state index contributed by atoms with van der Waals surface area (Å²) in [6, 6.07) is -1.50. The van der Waals surface area contributed by atoms with Gasteiger partial charge in [0.1, 0.15) is 11.6 Å². The summed E-state index contributed by atoms with van der Waals surface area (Å²) in [5, 5.41) is 4.25. The van der Waals surface area contributed by atoms with Crippen LogP contribution in [-0.4, -0.2) is 55.0 Å². The Bertz CT molecular complexity index is 514. The molecule has 1 saturated heterocycles. The molecule has 21 heavy (non-hydrogen) atoms. The summed E-state index contributed by atoms with van der Waals surface area (Å²) in [5.74, 6) is -0.854. The molecule has 0 aliphatic carbocycles. The van der Waals surface area contributed by atoms with E-state index in [0.29, 0.717) is 0 Å². The van der Waals surface area contributed by atoms with Crippen molar-refractivity contribution in [1.29, 1.82) is 0 Å². The number of hydrogen-bond donors (Lipinski definition) is 2. The molecule has 122 valence electrons. The lowest BCUT2D eigenvalue weighted by atomic mass is 10.2. The molecule has 1 heterocycles. The molecule has 0 aromatic carbocycles. The van der Waals surface area contributed by atoms with E-state index in [1.54, 1.807) is 20.8 Å². The van der Waals surface area contributed by atoms with Crippen LogP contribution in [0, 0.1) is 0 Å². The monoisotopic (exact) mass is 340 g/mol. The molecule has 1 fully saturated rings. The van der Waals surface area contributed by atoms with Crippen LogP contribution >= 0.6 is 11.6 Å². The van der Waals surface area contributed by atoms with Gasteiger partial charge in [0.2, 0.25) is 5.91 Å². The van der Waals surface area contributed by atoms with Gasteiger partial charge in [0.15, 0.2) is 9.84 Å². The number of halogens is 1. The lowest BCUT2D eigenvalue weighted by molar-refractivity contribution is -0.123. The molecule has 2 N–H and O–H groups in total. The van der Waals surface area contributed by atoms with Crippen molar-refractivity contribution < 1.29 is 22.7 Å².